The molecule has 0 aromatic heterocycles. The van der Waals surface area contributed by atoms with Crippen molar-refractivity contribution in [2.24, 2.45) is 23.7 Å². The molecule has 0 heterocycles. The van der Waals surface area contributed by atoms with E-state index >= 15 is 0 Å². The van der Waals surface area contributed by atoms with Gasteiger partial charge in [0.15, 0.2) is 0 Å². The van der Waals surface area contributed by atoms with Crippen molar-refractivity contribution in [2.45, 2.75) is 25.7 Å². The van der Waals surface area contributed by atoms with Crippen molar-refractivity contribution in [3.05, 3.63) is 13.8 Å². The molecular weight excluding hydrogens is 120 g/mol. The summed E-state index contributed by atoms with van der Waals surface area (Å²) in [6.07, 6.45) is 5.74. The monoisotopic (exact) mass is 136 g/mol. The van der Waals surface area contributed by atoms with Crippen LogP contribution in [0, 0.1) is 37.5 Å². The molecule has 3 fully saturated rings. The average molecular weight is 136 g/mol. The first-order valence-electron chi connectivity index (χ1n) is 4.45. The van der Waals surface area contributed by atoms with E-state index in [1.165, 1.54) is 25.7 Å². The second kappa shape index (κ2) is 2.25. The van der Waals surface area contributed by atoms with Gasteiger partial charge in [0.25, 0.3) is 0 Å². The molecule has 2 radical (unpaired) electrons. The van der Waals surface area contributed by atoms with E-state index in [4.69, 9.17) is 0 Å². The summed E-state index contributed by atoms with van der Waals surface area (Å²) in [6, 6.07) is 0. The first-order chi connectivity index (χ1) is 4.79. The maximum Gasteiger partial charge on any atom is -0.0355 e. The number of hydrogen-bond acceptors (Lipinski definition) is 0. The SMILES string of the molecule is [CH2]C1C2CCC(CC2)C1[CH2]. The van der Waals surface area contributed by atoms with Crippen molar-refractivity contribution < 1.29 is 0 Å². The average Bonchev–Trinajstić information content (AvgIpc) is 2.00. The minimum absolute atomic E-state index is 0.674. The van der Waals surface area contributed by atoms with Crippen LogP contribution >= 0.6 is 0 Å². The Morgan fingerprint density at radius 3 is 1.20 bits per heavy atom. The van der Waals surface area contributed by atoms with Crippen molar-refractivity contribution in [2.75, 3.05) is 0 Å². The molecule has 3 aliphatic carbocycles. The van der Waals surface area contributed by atoms with E-state index in [0.29, 0.717) is 11.8 Å². The lowest BCUT2D eigenvalue weighted by Crippen LogP contribution is -2.37. The maximum atomic E-state index is 4.20. The van der Waals surface area contributed by atoms with Crippen LogP contribution in [0.1, 0.15) is 25.7 Å². The Kier molecular flexibility index (Phi) is 1.51. The van der Waals surface area contributed by atoms with Gasteiger partial charge in [0.05, 0.1) is 0 Å². The standard InChI is InChI=1S/C10H16/c1-7-8(2)10-5-3-9(7)4-6-10/h7-10H,1-6H2. The van der Waals surface area contributed by atoms with E-state index in [1.54, 1.807) is 0 Å². The van der Waals surface area contributed by atoms with Crippen LogP contribution in [0.2, 0.25) is 0 Å². The van der Waals surface area contributed by atoms with Crippen molar-refractivity contribution in [1.82, 2.24) is 0 Å². The fourth-order valence-corrected chi connectivity index (χ4v) is 2.70. The molecule has 2 atom stereocenters. The lowest BCUT2D eigenvalue weighted by molar-refractivity contribution is 0.0758. The third kappa shape index (κ3) is 0.810. The van der Waals surface area contributed by atoms with E-state index in [9.17, 15) is 0 Å². The minimum atomic E-state index is 0.674. The zero-order valence-electron chi connectivity index (χ0n) is 6.55. The van der Waals surface area contributed by atoms with Gasteiger partial charge in [0.2, 0.25) is 0 Å². The highest BCUT2D eigenvalue weighted by Gasteiger charge is 2.38. The van der Waals surface area contributed by atoms with E-state index in [2.05, 4.69) is 13.8 Å². The summed E-state index contributed by atoms with van der Waals surface area (Å²) in [5, 5.41) is 0. The highest BCUT2D eigenvalue weighted by molar-refractivity contribution is 4.94. The Morgan fingerprint density at radius 1 is 0.700 bits per heavy atom. The smallest absolute Gasteiger partial charge is 0.0355 e. The molecule has 2 bridgehead atoms. The van der Waals surface area contributed by atoms with Gasteiger partial charge < -0.3 is 0 Å². The first-order valence-corrected chi connectivity index (χ1v) is 4.45. The van der Waals surface area contributed by atoms with Crippen LogP contribution in [-0.2, 0) is 0 Å². The maximum absolute atomic E-state index is 4.20. The van der Waals surface area contributed by atoms with E-state index in [-0.39, 0.29) is 0 Å². The third-order valence-electron chi connectivity index (χ3n) is 3.58. The summed E-state index contributed by atoms with van der Waals surface area (Å²) >= 11 is 0. The van der Waals surface area contributed by atoms with Gasteiger partial charge in [0.1, 0.15) is 0 Å². The Bertz CT molecular complexity index is 100. The molecular formula is C10H16. The third-order valence-corrected chi connectivity index (χ3v) is 3.58. The quantitative estimate of drug-likeness (QED) is 0.480. The molecule has 0 N–H and O–H groups in total. The second-order valence-electron chi connectivity index (χ2n) is 4.00. The van der Waals surface area contributed by atoms with Crippen LogP contribution in [0.4, 0.5) is 0 Å². The molecule has 0 saturated heterocycles. The van der Waals surface area contributed by atoms with Crippen molar-refractivity contribution in [1.29, 1.82) is 0 Å². The van der Waals surface area contributed by atoms with Crippen LogP contribution in [-0.4, -0.2) is 0 Å². The predicted octanol–water partition coefficient (Wildman–Crippen LogP) is 2.71. The summed E-state index contributed by atoms with van der Waals surface area (Å²) in [4.78, 5) is 0. The number of hydrogen-bond donors (Lipinski definition) is 0. The first kappa shape index (κ1) is 6.69. The molecule has 0 aliphatic heterocycles. The molecule has 0 aromatic carbocycles. The van der Waals surface area contributed by atoms with Crippen molar-refractivity contribution in [3.63, 3.8) is 0 Å². The second-order valence-corrected chi connectivity index (χ2v) is 4.00. The van der Waals surface area contributed by atoms with Gasteiger partial charge in [-0.2, -0.15) is 0 Å². The predicted molar refractivity (Wildman–Crippen MR) is 43.1 cm³/mol. The van der Waals surface area contributed by atoms with Gasteiger partial charge in [-0.25, -0.2) is 0 Å². The van der Waals surface area contributed by atoms with E-state index < -0.39 is 0 Å². The summed E-state index contributed by atoms with van der Waals surface area (Å²) < 4.78 is 0. The highest BCUT2D eigenvalue weighted by atomic mass is 14.4. The van der Waals surface area contributed by atoms with Crippen LogP contribution in [0.15, 0.2) is 0 Å². The molecule has 0 amide bonds. The normalized spacial score (nSPS) is 53.4. The minimum Gasteiger partial charge on any atom is -0.0499 e. The van der Waals surface area contributed by atoms with Crippen LogP contribution in [0.3, 0.4) is 0 Å². The van der Waals surface area contributed by atoms with Crippen LogP contribution < -0.4 is 0 Å². The molecule has 3 aliphatic rings. The van der Waals surface area contributed by atoms with Gasteiger partial charge in [-0.3, -0.25) is 0 Å². The van der Waals surface area contributed by atoms with Crippen LogP contribution in [0.25, 0.3) is 0 Å². The lowest BCUT2D eigenvalue weighted by atomic mass is 9.60. The van der Waals surface area contributed by atoms with Crippen molar-refractivity contribution >= 4 is 0 Å². The topological polar surface area (TPSA) is 0 Å². The Balaban J connectivity index is 2.13. The van der Waals surface area contributed by atoms with Crippen LogP contribution in [0.5, 0.6) is 0 Å². The highest BCUT2D eigenvalue weighted by Crippen LogP contribution is 2.47. The van der Waals surface area contributed by atoms with Gasteiger partial charge in [-0.1, -0.05) is 0 Å². The zero-order chi connectivity index (χ0) is 7.14. The summed E-state index contributed by atoms with van der Waals surface area (Å²) in [7, 11) is 0. The molecule has 3 rings (SSSR count). The summed E-state index contributed by atoms with van der Waals surface area (Å²) in [5.41, 5.74) is 0. The molecule has 10 heavy (non-hydrogen) atoms. The number of rotatable bonds is 0. The van der Waals surface area contributed by atoms with E-state index in [0.717, 1.165) is 11.8 Å². The Labute approximate surface area is 64.0 Å². The molecule has 2 unspecified atom stereocenters. The fraction of sp³-hybridized carbons (Fsp3) is 0.800. The number of fused-ring (bicyclic) bond motifs is 3. The molecule has 0 spiro atoms. The largest absolute Gasteiger partial charge is 0.0499 e. The summed E-state index contributed by atoms with van der Waals surface area (Å²) in [6.45, 7) is 8.40. The molecule has 0 aromatic rings. The molecule has 0 heteroatoms. The summed E-state index contributed by atoms with van der Waals surface area (Å²) in [5.74, 6) is 3.19. The van der Waals surface area contributed by atoms with Gasteiger partial charge in [0, 0.05) is 0 Å². The molecule has 56 valence electrons. The fourth-order valence-electron chi connectivity index (χ4n) is 2.70. The molecule has 0 nitrogen and oxygen atoms in total. The zero-order valence-corrected chi connectivity index (χ0v) is 6.55. The Morgan fingerprint density at radius 2 is 1.00 bits per heavy atom. The van der Waals surface area contributed by atoms with Gasteiger partial charge in [-0.15, -0.1) is 0 Å². The lowest BCUT2D eigenvalue weighted by Gasteiger charge is -2.45. The van der Waals surface area contributed by atoms with Gasteiger partial charge >= 0.3 is 0 Å². The van der Waals surface area contributed by atoms with E-state index in [1.807, 2.05) is 0 Å². The Hall–Kier alpha value is 0. The van der Waals surface area contributed by atoms with Crippen molar-refractivity contribution in [3.8, 4) is 0 Å². The molecule has 3 saturated carbocycles. The van der Waals surface area contributed by atoms with Gasteiger partial charge in [-0.05, 0) is 63.2 Å².